The summed E-state index contributed by atoms with van der Waals surface area (Å²) in [5.41, 5.74) is 1.47. The van der Waals surface area contributed by atoms with E-state index >= 15 is 0 Å². The smallest absolute Gasteiger partial charge is 0.338 e. The highest BCUT2D eigenvalue weighted by Crippen LogP contribution is 2.26. The van der Waals surface area contributed by atoms with Gasteiger partial charge in [0.2, 0.25) is 0 Å². The van der Waals surface area contributed by atoms with E-state index in [4.69, 9.17) is 4.74 Å². The Morgan fingerprint density at radius 1 is 1.00 bits per heavy atom. The normalized spacial score (nSPS) is 14.2. The molecule has 0 unspecified atom stereocenters. The SMILES string of the molecule is CCOC(=O)c1ccc(N2C(=O)CN(c3ccccc3)C2=O)cc1. The molecule has 1 saturated heterocycles. The maximum absolute atomic E-state index is 12.6. The molecule has 6 heteroatoms. The summed E-state index contributed by atoms with van der Waals surface area (Å²) in [6.45, 7) is 2.00. The van der Waals surface area contributed by atoms with Crippen molar-refractivity contribution in [1.82, 2.24) is 0 Å². The van der Waals surface area contributed by atoms with Crippen LogP contribution in [0.15, 0.2) is 54.6 Å². The average molecular weight is 324 g/mol. The topological polar surface area (TPSA) is 66.9 Å². The molecule has 0 bridgehead atoms. The minimum absolute atomic E-state index is 0.0114. The highest BCUT2D eigenvalue weighted by Gasteiger charge is 2.37. The van der Waals surface area contributed by atoms with Gasteiger partial charge in [0.05, 0.1) is 17.9 Å². The van der Waals surface area contributed by atoms with Gasteiger partial charge in [0.15, 0.2) is 0 Å². The molecule has 0 N–H and O–H groups in total. The minimum atomic E-state index is -0.436. The summed E-state index contributed by atoms with van der Waals surface area (Å²) in [6.07, 6.45) is 0. The lowest BCUT2D eigenvalue weighted by Gasteiger charge is -2.17. The number of nitrogens with zero attached hydrogens (tertiary/aromatic N) is 2. The summed E-state index contributed by atoms with van der Waals surface area (Å²) in [7, 11) is 0. The van der Waals surface area contributed by atoms with Crippen molar-refractivity contribution < 1.29 is 19.1 Å². The number of para-hydroxylation sites is 1. The maximum Gasteiger partial charge on any atom is 0.338 e. The number of rotatable bonds is 4. The van der Waals surface area contributed by atoms with Crippen LogP contribution in [0.25, 0.3) is 0 Å². The quantitative estimate of drug-likeness (QED) is 0.641. The Hall–Kier alpha value is -3.15. The third-order valence-electron chi connectivity index (χ3n) is 3.67. The molecule has 0 spiro atoms. The molecule has 0 saturated carbocycles. The molecule has 1 heterocycles. The summed E-state index contributed by atoms with van der Waals surface area (Å²) in [4.78, 5) is 39.0. The van der Waals surface area contributed by atoms with Gasteiger partial charge >= 0.3 is 12.0 Å². The summed E-state index contributed by atoms with van der Waals surface area (Å²) >= 11 is 0. The van der Waals surface area contributed by atoms with E-state index in [1.54, 1.807) is 43.3 Å². The average Bonchev–Trinajstić information content (AvgIpc) is 2.90. The zero-order chi connectivity index (χ0) is 17.1. The lowest BCUT2D eigenvalue weighted by molar-refractivity contribution is -0.115. The van der Waals surface area contributed by atoms with Crippen molar-refractivity contribution in [2.24, 2.45) is 0 Å². The van der Waals surface area contributed by atoms with Crippen LogP contribution in [-0.2, 0) is 9.53 Å². The van der Waals surface area contributed by atoms with Gasteiger partial charge in [0, 0.05) is 5.69 Å². The molecule has 3 rings (SSSR count). The van der Waals surface area contributed by atoms with Crippen LogP contribution >= 0.6 is 0 Å². The molecule has 24 heavy (non-hydrogen) atoms. The van der Waals surface area contributed by atoms with Crippen molar-refractivity contribution in [3.8, 4) is 0 Å². The standard InChI is InChI=1S/C18H16N2O4/c1-2-24-17(22)13-8-10-15(11-9-13)20-16(21)12-19(18(20)23)14-6-4-3-5-7-14/h3-11H,2,12H2,1H3. The highest BCUT2D eigenvalue weighted by atomic mass is 16.5. The van der Waals surface area contributed by atoms with Crippen LogP contribution in [0.1, 0.15) is 17.3 Å². The molecule has 6 nitrogen and oxygen atoms in total. The van der Waals surface area contributed by atoms with Gasteiger partial charge in [-0.15, -0.1) is 0 Å². The molecule has 3 amide bonds. The van der Waals surface area contributed by atoms with Gasteiger partial charge in [0.1, 0.15) is 6.54 Å². The molecule has 1 aliphatic rings. The monoisotopic (exact) mass is 324 g/mol. The molecule has 0 atom stereocenters. The number of urea groups is 1. The number of anilines is 2. The van der Waals surface area contributed by atoms with E-state index in [1.807, 2.05) is 18.2 Å². The maximum atomic E-state index is 12.6. The fraction of sp³-hybridized carbons (Fsp3) is 0.167. The first kappa shape index (κ1) is 15.7. The molecule has 1 aliphatic heterocycles. The van der Waals surface area contributed by atoms with Crippen LogP contribution in [0.4, 0.5) is 16.2 Å². The molecule has 1 fully saturated rings. The Morgan fingerprint density at radius 2 is 1.67 bits per heavy atom. The van der Waals surface area contributed by atoms with Crippen molar-refractivity contribution in [3.05, 3.63) is 60.2 Å². The molecule has 122 valence electrons. The zero-order valence-corrected chi connectivity index (χ0v) is 13.1. The number of carbonyl (C=O) groups is 3. The fourth-order valence-electron chi connectivity index (χ4n) is 2.53. The Labute approximate surface area is 139 Å². The van der Waals surface area contributed by atoms with Crippen LogP contribution in [0.5, 0.6) is 0 Å². The molecular weight excluding hydrogens is 308 g/mol. The predicted octanol–water partition coefficient (Wildman–Crippen LogP) is 2.84. The largest absolute Gasteiger partial charge is 0.462 e. The van der Waals surface area contributed by atoms with Gasteiger partial charge in [-0.3, -0.25) is 9.69 Å². The summed E-state index contributed by atoms with van der Waals surface area (Å²) in [6, 6.07) is 14.8. The van der Waals surface area contributed by atoms with Crippen molar-refractivity contribution in [2.75, 3.05) is 23.0 Å². The lowest BCUT2D eigenvalue weighted by atomic mass is 10.2. The van der Waals surface area contributed by atoms with E-state index in [9.17, 15) is 14.4 Å². The molecular formula is C18H16N2O4. The molecule has 0 radical (unpaired) electrons. The van der Waals surface area contributed by atoms with E-state index < -0.39 is 12.0 Å². The van der Waals surface area contributed by atoms with E-state index in [0.29, 0.717) is 16.9 Å². The first-order valence-electron chi connectivity index (χ1n) is 7.58. The third kappa shape index (κ3) is 2.86. The van der Waals surface area contributed by atoms with Crippen LogP contribution in [0.2, 0.25) is 0 Å². The summed E-state index contributed by atoms with van der Waals surface area (Å²) in [5.74, 6) is -0.748. The van der Waals surface area contributed by atoms with Gasteiger partial charge in [-0.1, -0.05) is 18.2 Å². The Balaban J connectivity index is 1.83. The Bertz CT molecular complexity index is 771. The number of esters is 1. The summed E-state index contributed by atoms with van der Waals surface area (Å²) < 4.78 is 4.92. The third-order valence-corrected chi connectivity index (χ3v) is 3.67. The highest BCUT2D eigenvalue weighted by molar-refractivity contribution is 6.26. The van der Waals surface area contributed by atoms with Crippen LogP contribution in [-0.4, -0.2) is 31.1 Å². The van der Waals surface area contributed by atoms with Gasteiger partial charge in [-0.05, 0) is 43.3 Å². The number of hydrogen-bond acceptors (Lipinski definition) is 4. The second-order valence-electron chi connectivity index (χ2n) is 5.20. The van der Waals surface area contributed by atoms with Gasteiger partial charge in [0.25, 0.3) is 5.91 Å². The Morgan fingerprint density at radius 3 is 2.29 bits per heavy atom. The molecule has 2 aromatic carbocycles. The van der Waals surface area contributed by atoms with E-state index in [2.05, 4.69) is 0 Å². The number of amides is 3. The van der Waals surface area contributed by atoms with E-state index in [0.717, 1.165) is 4.90 Å². The van der Waals surface area contributed by atoms with Gasteiger partial charge in [-0.2, -0.15) is 0 Å². The minimum Gasteiger partial charge on any atom is -0.462 e. The van der Waals surface area contributed by atoms with Crippen LogP contribution < -0.4 is 9.80 Å². The van der Waals surface area contributed by atoms with Crippen molar-refractivity contribution >= 4 is 29.3 Å². The van der Waals surface area contributed by atoms with Crippen molar-refractivity contribution in [2.45, 2.75) is 6.92 Å². The van der Waals surface area contributed by atoms with Crippen molar-refractivity contribution in [3.63, 3.8) is 0 Å². The molecule has 0 aliphatic carbocycles. The molecule has 0 aromatic heterocycles. The lowest BCUT2D eigenvalue weighted by Crippen LogP contribution is -2.33. The number of benzene rings is 2. The van der Waals surface area contributed by atoms with E-state index in [1.165, 1.54) is 4.90 Å². The Kier molecular flexibility index (Phi) is 4.29. The van der Waals surface area contributed by atoms with E-state index in [-0.39, 0.29) is 19.1 Å². The molecule has 2 aromatic rings. The predicted molar refractivity (Wildman–Crippen MR) is 89.1 cm³/mol. The zero-order valence-electron chi connectivity index (χ0n) is 13.1. The fourth-order valence-corrected chi connectivity index (χ4v) is 2.53. The van der Waals surface area contributed by atoms with Crippen LogP contribution in [0.3, 0.4) is 0 Å². The summed E-state index contributed by atoms with van der Waals surface area (Å²) in [5, 5.41) is 0. The number of ether oxygens (including phenoxy) is 1. The number of hydrogen-bond donors (Lipinski definition) is 0. The second kappa shape index (κ2) is 6.54. The van der Waals surface area contributed by atoms with Gasteiger partial charge in [-0.25, -0.2) is 14.5 Å². The van der Waals surface area contributed by atoms with Gasteiger partial charge < -0.3 is 4.74 Å². The van der Waals surface area contributed by atoms with Crippen molar-refractivity contribution in [1.29, 1.82) is 0 Å². The first-order chi connectivity index (χ1) is 11.6. The second-order valence-corrected chi connectivity index (χ2v) is 5.20. The number of carbonyl (C=O) groups excluding carboxylic acids is 3. The first-order valence-corrected chi connectivity index (χ1v) is 7.58. The van der Waals surface area contributed by atoms with Crippen LogP contribution in [0, 0.1) is 0 Å². The number of imide groups is 1.